The van der Waals surface area contributed by atoms with Crippen LogP contribution in [0.2, 0.25) is 0 Å². The standard InChI is InChI=1S/C31H37F3N2O7/c1-36(2)20-25(21-12-16-24(41-3)17-13-21)30(18-5-4-6-19-30)43-27(38)9-7-8-26(37)35-23-14-10-22(11-15-23)28(39)42-29(40)31(32,33)34/h10-17,25H,4-9,18-20H2,1-3H3,(H,35,37). The Morgan fingerprint density at radius 1 is 0.930 bits per heavy atom. The van der Waals surface area contributed by atoms with E-state index < -0.39 is 29.6 Å². The number of ether oxygens (including phenoxy) is 3. The number of nitrogens with zero attached hydrogens (tertiary/aromatic N) is 1. The molecule has 43 heavy (non-hydrogen) atoms. The van der Waals surface area contributed by atoms with Crippen LogP contribution in [-0.2, 0) is 23.9 Å². The Bertz CT molecular complexity index is 1260. The molecule has 1 aliphatic carbocycles. The molecule has 1 saturated carbocycles. The minimum Gasteiger partial charge on any atom is -0.497 e. The minimum absolute atomic E-state index is 0.0194. The van der Waals surface area contributed by atoms with Gasteiger partial charge in [0.1, 0.15) is 11.4 Å². The van der Waals surface area contributed by atoms with E-state index in [0.29, 0.717) is 6.54 Å². The fraction of sp³-hybridized carbons (Fsp3) is 0.484. The summed E-state index contributed by atoms with van der Waals surface area (Å²) in [5.41, 5.74) is 0.384. The molecule has 0 heterocycles. The lowest BCUT2D eigenvalue weighted by molar-refractivity contribution is -0.193. The van der Waals surface area contributed by atoms with E-state index in [1.54, 1.807) is 7.11 Å². The zero-order valence-corrected chi connectivity index (χ0v) is 24.5. The Kier molecular flexibility index (Phi) is 11.7. The highest BCUT2D eigenvalue weighted by atomic mass is 19.4. The van der Waals surface area contributed by atoms with Gasteiger partial charge >= 0.3 is 24.1 Å². The van der Waals surface area contributed by atoms with Crippen LogP contribution in [0, 0.1) is 0 Å². The van der Waals surface area contributed by atoms with Crippen molar-refractivity contribution in [1.29, 1.82) is 0 Å². The van der Waals surface area contributed by atoms with Crippen molar-refractivity contribution >= 4 is 29.5 Å². The third-order valence-corrected chi connectivity index (χ3v) is 7.32. The number of carbonyl (C=O) groups is 4. The lowest BCUT2D eigenvalue weighted by atomic mass is 9.72. The molecule has 2 aromatic rings. The van der Waals surface area contributed by atoms with Crippen LogP contribution >= 0.6 is 0 Å². The molecule has 0 aromatic heterocycles. The van der Waals surface area contributed by atoms with Gasteiger partial charge in [-0.25, -0.2) is 9.59 Å². The summed E-state index contributed by atoms with van der Waals surface area (Å²) in [6, 6.07) is 12.7. The number of methoxy groups -OCH3 is 1. The zero-order chi connectivity index (χ0) is 31.6. The first-order chi connectivity index (χ1) is 20.3. The number of benzene rings is 2. The van der Waals surface area contributed by atoms with E-state index in [9.17, 15) is 32.3 Å². The van der Waals surface area contributed by atoms with Crippen LogP contribution in [0.15, 0.2) is 48.5 Å². The highest BCUT2D eigenvalue weighted by Crippen LogP contribution is 2.44. The molecule has 0 spiro atoms. The second-order valence-corrected chi connectivity index (χ2v) is 10.8. The van der Waals surface area contributed by atoms with E-state index >= 15 is 0 Å². The van der Waals surface area contributed by atoms with E-state index in [2.05, 4.69) is 15.0 Å². The lowest BCUT2D eigenvalue weighted by Crippen LogP contribution is -2.46. The monoisotopic (exact) mass is 606 g/mol. The second-order valence-electron chi connectivity index (χ2n) is 10.8. The Morgan fingerprint density at radius 3 is 2.12 bits per heavy atom. The minimum atomic E-state index is -5.29. The Morgan fingerprint density at radius 2 is 1.56 bits per heavy atom. The third kappa shape index (κ3) is 9.81. The second kappa shape index (κ2) is 15.0. The molecule has 12 heteroatoms. The first kappa shape index (κ1) is 33.6. The zero-order valence-electron chi connectivity index (χ0n) is 24.5. The fourth-order valence-electron chi connectivity index (χ4n) is 5.23. The van der Waals surface area contributed by atoms with Crippen LogP contribution in [0.1, 0.15) is 73.2 Å². The van der Waals surface area contributed by atoms with Gasteiger partial charge in [0.2, 0.25) is 5.91 Å². The van der Waals surface area contributed by atoms with Gasteiger partial charge < -0.3 is 24.4 Å². The molecule has 3 rings (SSSR count). The molecular weight excluding hydrogens is 569 g/mol. The molecule has 0 bridgehead atoms. The SMILES string of the molecule is COc1ccc(C(CN(C)C)C2(OC(=O)CCCC(=O)Nc3ccc(C(=O)OC(=O)C(F)(F)F)cc3)CCCCC2)cc1. The van der Waals surface area contributed by atoms with Crippen LogP contribution in [-0.4, -0.2) is 68.2 Å². The first-order valence-electron chi connectivity index (χ1n) is 14.1. The van der Waals surface area contributed by atoms with E-state index in [1.165, 1.54) is 12.1 Å². The molecule has 0 aliphatic heterocycles. The topological polar surface area (TPSA) is 111 Å². The van der Waals surface area contributed by atoms with Crippen molar-refractivity contribution in [3.05, 3.63) is 59.7 Å². The van der Waals surface area contributed by atoms with Crippen LogP contribution in [0.5, 0.6) is 5.75 Å². The maximum absolute atomic E-state index is 13.1. The number of amides is 1. The lowest BCUT2D eigenvalue weighted by Gasteiger charge is -2.44. The molecule has 2 aromatic carbocycles. The van der Waals surface area contributed by atoms with Crippen LogP contribution in [0.3, 0.4) is 0 Å². The van der Waals surface area contributed by atoms with Crippen molar-refractivity contribution in [3.63, 3.8) is 0 Å². The number of halogens is 3. The number of hydrogen-bond acceptors (Lipinski definition) is 8. The van der Waals surface area contributed by atoms with Gasteiger partial charge in [0.25, 0.3) is 0 Å². The number of carbonyl (C=O) groups excluding carboxylic acids is 4. The van der Waals surface area contributed by atoms with Crippen molar-refractivity contribution in [2.24, 2.45) is 0 Å². The normalized spacial score (nSPS) is 15.3. The molecule has 0 radical (unpaired) electrons. The van der Waals surface area contributed by atoms with Gasteiger partial charge in [-0.05, 0) is 88.2 Å². The Balaban J connectivity index is 1.56. The van der Waals surface area contributed by atoms with Crippen molar-refractivity contribution in [2.75, 3.05) is 33.1 Å². The van der Waals surface area contributed by atoms with E-state index in [4.69, 9.17) is 9.47 Å². The van der Waals surface area contributed by atoms with Gasteiger partial charge in [0.15, 0.2) is 0 Å². The summed E-state index contributed by atoms with van der Waals surface area (Å²) in [4.78, 5) is 50.2. The number of nitrogens with one attached hydrogen (secondary N) is 1. The predicted molar refractivity (Wildman–Crippen MR) is 152 cm³/mol. The first-order valence-corrected chi connectivity index (χ1v) is 14.1. The molecule has 1 N–H and O–H groups in total. The van der Waals surface area contributed by atoms with Gasteiger partial charge in [-0.15, -0.1) is 0 Å². The molecule has 0 saturated heterocycles. The fourth-order valence-corrected chi connectivity index (χ4v) is 5.23. The number of rotatable bonds is 12. The summed E-state index contributed by atoms with van der Waals surface area (Å²) in [5, 5.41) is 2.60. The average Bonchev–Trinajstić information content (AvgIpc) is 2.96. The van der Waals surface area contributed by atoms with Gasteiger partial charge in [-0.2, -0.15) is 13.2 Å². The van der Waals surface area contributed by atoms with E-state index in [0.717, 1.165) is 55.5 Å². The maximum atomic E-state index is 13.1. The summed E-state index contributed by atoms with van der Waals surface area (Å²) >= 11 is 0. The van der Waals surface area contributed by atoms with Gasteiger partial charge in [0.05, 0.1) is 12.7 Å². The maximum Gasteiger partial charge on any atom is 0.491 e. The summed E-state index contributed by atoms with van der Waals surface area (Å²) in [6.45, 7) is 0.692. The van der Waals surface area contributed by atoms with Crippen LogP contribution in [0.4, 0.5) is 18.9 Å². The van der Waals surface area contributed by atoms with Gasteiger partial charge in [0, 0.05) is 31.0 Å². The van der Waals surface area contributed by atoms with Crippen LogP contribution in [0.25, 0.3) is 0 Å². The third-order valence-electron chi connectivity index (χ3n) is 7.32. The Hall–Kier alpha value is -3.93. The highest BCUT2D eigenvalue weighted by molar-refractivity contribution is 5.98. The van der Waals surface area contributed by atoms with E-state index in [-0.39, 0.29) is 42.4 Å². The molecule has 1 unspecified atom stereocenters. The smallest absolute Gasteiger partial charge is 0.491 e. The average molecular weight is 607 g/mol. The molecule has 9 nitrogen and oxygen atoms in total. The molecular formula is C31H37F3N2O7. The van der Waals surface area contributed by atoms with Crippen molar-refractivity contribution in [1.82, 2.24) is 4.90 Å². The molecule has 1 fully saturated rings. The van der Waals surface area contributed by atoms with Gasteiger partial charge in [-0.3, -0.25) is 9.59 Å². The molecule has 1 atom stereocenters. The molecule has 234 valence electrons. The van der Waals surface area contributed by atoms with Gasteiger partial charge in [-0.1, -0.05) is 18.6 Å². The summed E-state index contributed by atoms with van der Waals surface area (Å²) in [5.74, 6) is -4.15. The summed E-state index contributed by atoms with van der Waals surface area (Å²) < 4.78 is 52.2. The van der Waals surface area contributed by atoms with Crippen molar-refractivity contribution < 1.29 is 46.6 Å². The number of hydrogen-bond donors (Lipinski definition) is 1. The van der Waals surface area contributed by atoms with Crippen LogP contribution < -0.4 is 10.1 Å². The quantitative estimate of drug-likeness (QED) is 0.244. The van der Waals surface area contributed by atoms with E-state index in [1.807, 2.05) is 38.4 Å². The molecule has 1 amide bonds. The number of likely N-dealkylation sites (N-methyl/N-ethyl adjacent to an activating group) is 1. The largest absolute Gasteiger partial charge is 0.497 e. The molecule has 1 aliphatic rings. The Labute approximate surface area is 248 Å². The number of anilines is 1. The predicted octanol–water partition coefficient (Wildman–Crippen LogP) is 5.64. The highest BCUT2D eigenvalue weighted by Gasteiger charge is 2.44. The summed E-state index contributed by atoms with van der Waals surface area (Å²) in [7, 11) is 5.59. The number of alkyl halides is 3. The number of esters is 3. The van der Waals surface area contributed by atoms with Crippen molar-refractivity contribution in [3.8, 4) is 5.75 Å². The van der Waals surface area contributed by atoms with Crippen molar-refractivity contribution in [2.45, 2.75) is 69.1 Å². The summed E-state index contributed by atoms with van der Waals surface area (Å²) in [6.07, 6.45) is -0.519.